The average Bonchev–Trinajstić information content (AvgIpc) is 2.27. The Hall–Kier alpha value is -1.37. The lowest BCUT2D eigenvalue weighted by Crippen LogP contribution is -2.36. The third-order valence-corrected chi connectivity index (χ3v) is 3.51. The molecule has 0 bridgehead atoms. The second kappa shape index (κ2) is 5.99. The van der Waals surface area contributed by atoms with Crippen LogP contribution in [0.2, 0.25) is 0 Å². The zero-order chi connectivity index (χ0) is 13.0. The molecule has 0 saturated heterocycles. The van der Waals surface area contributed by atoms with E-state index in [-0.39, 0.29) is 5.82 Å². The number of hydrogen-bond acceptors (Lipinski definition) is 2. The number of nitrogens with zero attached hydrogens (tertiary/aromatic N) is 1. The van der Waals surface area contributed by atoms with Crippen LogP contribution in [0.15, 0.2) is 18.2 Å². The van der Waals surface area contributed by atoms with E-state index in [1.807, 2.05) is 12.1 Å². The minimum absolute atomic E-state index is 0.176. The van der Waals surface area contributed by atoms with Gasteiger partial charge < -0.3 is 5.73 Å². The molecule has 0 radical (unpaired) electrons. The number of hydrogen-bond donors (Lipinski definition) is 1. The molecule has 3 heteroatoms. The first kappa shape index (κ1) is 13.1. The summed E-state index contributed by atoms with van der Waals surface area (Å²) < 4.78 is 13.9. The van der Waals surface area contributed by atoms with Crippen LogP contribution in [-0.4, -0.2) is 24.5 Å². The van der Waals surface area contributed by atoms with Crippen LogP contribution in [0.5, 0.6) is 0 Å². The van der Waals surface area contributed by atoms with E-state index in [1.54, 1.807) is 0 Å². The lowest BCUT2D eigenvalue weighted by Gasteiger charge is -2.34. The van der Waals surface area contributed by atoms with Gasteiger partial charge in [-0.3, -0.25) is 4.90 Å². The monoisotopic (exact) mass is 246 g/mol. The van der Waals surface area contributed by atoms with Gasteiger partial charge in [0.2, 0.25) is 0 Å². The summed E-state index contributed by atoms with van der Waals surface area (Å²) in [6, 6.07) is 5.80. The Bertz CT molecular complexity index is 469. The molecule has 0 unspecified atom stereocenters. The Balaban J connectivity index is 2.04. The van der Waals surface area contributed by atoms with Crippen molar-refractivity contribution in [2.45, 2.75) is 31.8 Å². The Morgan fingerprint density at radius 1 is 1.44 bits per heavy atom. The van der Waals surface area contributed by atoms with Crippen molar-refractivity contribution in [2.75, 3.05) is 13.6 Å². The van der Waals surface area contributed by atoms with Crippen molar-refractivity contribution < 1.29 is 4.39 Å². The van der Waals surface area contributed by atoms with Gasteiger partial charge in [0.05, 0.1) is 6.54 Å². The van der Waals surface area contributed by atoms with Gasteiger partial charge in [-0.1, -0.05) is 24.3 Å². The van der Waals surface area contributed by atoms with Crippen LogP contribution < -0.4 is 5.73 Å². The van der Waals surface area contributed by atoms with Crippen LogP contribution in [0.1, 0.15) is 30.4 Å². The van der Waals surface area contributed by atoms with Gasteiger partial charge in [0.1, 0.15) is 5.82 Å². The zero-order valence-corrected chi connectivity index (χ0v) is 10.7. The maximum atomic E-state index is 13.9. The van der Waals surface area contributed by atoms with E-state index in [0.29, 0.717) is 24.7 Å². The van der Waals surface area contributed by atoms with Crippen molar-refractivity contribution in [2.24, 2.45) is 5.73 Å². The SMILES string of the molecule is CN(Cc1ccc(C#CCN)cc1F)C1CCC1. The van der Waals surface area contributed by atoms with Crippen LogP contribution in [0.25, 0.3) is 0 Å². The van der Waals surface area contributed by atoms with Gasteiger partial charge >= 0.3 is 0 Å². The summed E-state index contributed by atoms with van der Waals surface area (Å²) in [5.74, 6) is 5.40. The number of halogens is 1. The van der Waals surface area contributed by atoms with Crippen molar-refractivity contribution in [3.8, 4) is 11.8 Å². The van der Waals surface area contributed by atoms with Crippen LogP contribution in [0.3, 0.4) is 0 Å². The van der Waals surface area contributed by atoms with Crippen LogP contribution in [0.4, 0.5) is 4.39 Å². The molecular formula is C15H19FN2. The van der Waals surface area contributed by atoms with E-state index >= 15 is 0 Å². The summed E-state index contributed by atoms with van der Waals surface area (Å²) in [5.41, 5.74) is 6.72. The Morgan fingerprint density at radius 3 is 2.78 bits per heavy atom. The fourth-order valence-electron chi connectivity index (χ4n) is 2.13. The fraction of sp³-hybridized carbons (Fsp3) is 0.467. The maximum absolute atomic E-state index is 13.9. The lowest BCUT2D eigenvalue weighted by atomic mass is 9.91. The van der Waals surface area contributed by atoms with Crippen molar-refractivity contribution in [3.05, 3.63) is 35.1 Å². The second-order valence-electron chi connectivity index (χ2n) is 4.81. The second-order valence-corrected chi connectivity index (χ2v) is 4.81. The molecule has 2 nitrogen and oxygen atoms in total. The fourth-order valence-corrected chi connectivity index (χ4v) is 2.13. The molecule has 0 aromatic heterocycles. The third-order valence-electron chi connectivity index (χ3n) is 3.51. The van der Waals surface area contributed by atoms with Crippen LogP contribution in [0, 0.1) is 17.7 Å². The minimum Gasteiger partial charge on any atom is -0.320 e. The van der Waals surface area contributed by atoms with E-state index in [4.69, 9.17) is 5.73 Å². The zero-order valence-electron chi connectivity index (χ0n) is 10.7. The summed E-state index contributed by atoms with van der Waals surface area (Å²) in [6.07, 6.45) is 3.77. The molecule has 0 heterocycles. The number of rotatable bonds is 3. The van der Waals surface area contributed by atoms with E-state index in [9.17, 15) is 4.39 Å². The van der Waals surface area contributed by atoms with Gasteiger partial charge in [0.25, 0.3) is 0 Å². The Kier molecular flexibility index (Phi) is 4.35. The Morgan fingerprint density at radius 2 is 2.22 bits per heavy atom. The largest absolute Gasteiger partial charge is 0.320 e. The van der Waals surface area contributed by atoms with E-state index in [1.165, 1.54) is 25.3 Å². The van der Waals surface area contributed by atoms with E-state index in [0.717, 1.165) is 5.56 Å². The quantitative estimate of drug-likeness (QED) is 0.828. The summed E-state index contributed by atoms with van der Waals surface area (Å²) in [4.78, 5) is 2.23. The third kappa shape index (κ3) is 3.10. The summed E-state index contributed by atoms with van der Waals surface area (Å²) in [7, 11) is 2.06. The van der Waals surface area contributed by atoms with E-state index < -0.39 is 0 Å². The van der Waals surface area contributed by atoms with Crippen LogP contribution >= 0.6 is 0 Å². The molecule has 1 aliphatic rings. The number of nitrogens with two attached hydrogens (primary N) is 1. The van der Waals surface area contributed by atoms with Crippen LogP contribution in [-0.2, 0) is 6.54 Å². The summed E-state index contributed by atoms with van der Waals surface area (Å²) in [6.45, 7) is 0.967. The maximum Gasteiger partial charge on any atom is 0.128 e. The van der Waals surface area contributed by atoms with Crippen molar-refractivity contribution in [1.29, 1.82) is 0 Å². The predicted octanol–water partition coefficient (Wildman–Crippen LogP) is 2.12. The molecule has 0 spiro atoms. The van der Waals surface area contributed by atoms with Crippen molar-refractivity contribution in [3.63, 3.8) is 0 Å². The molecule has 2 N–H and O–H groups in total. The first-order valence-corrected chi connectivity index (χ1v) is 6.38. The smallest absolute Gasteiger partial charge is 0.128 e. The summed E-state index contributed by atoms with van der Waals surface area (Å²) in [5, 5.41) is 0. The van der Waals surface area contributed by atoms with Gasteiger partial charge in [0.15, 0.2) is 0 Å². The minimum atomic E-state index is -0.176. The lowest BCUT2D eigenvalue weighted by molar-refractivity contribution is 0.151. The molecule has 0 atom stereocenters. The first-order valence-electron chi connectivity index (χ1n) is 6.38. The highest BCUT2D eigenvalue weighted by Crippen LogP contribution is 2.25. The highest BCUT2D eigenvalue weighted by Gasteiger charge is 2.22. The molecule has 0 aliphatic heterocycles. The molecule has 1 aromatic rings. The number of benzene rings is 1. The van der Waals surface area contributed by atoms with Gasteiger partial charge in [-0.2, -0.15) is 0 Å². The molecule has 1 fully saturated rings. The predicted molar refractivity (Wildman–Crippen MR) is 71.4 cm³/mol. The molecule has 1 aliphatic carbocycles. The summed E-state index contributed by atoms with van der Waals surface area (Å²) >= 11 is 0. The highest BCUT2D eigenvalue weighted by molar-refractivity contribution is 5.37. The standard InChI is InChI=1S/C15H19FN2/c1-18(14-5-2-6-14)11-13-8-7-12(4-3-9-17)10-15(13)16/h7-8,10,14H,2,5-6,9,11,17H2,1H3. The molecule has 96 valence electrons. The first-order chi connectivity index (χ1) is 8.70. The normalized spacial score (nSPS) is 15.1. The molecule has 1 saturated carbocycles. The van der Waals surface area contributed by atoms with Gasteiger partial charge in [0, 0.05) is 23.7 Å². The van der Waals surface area contributed by atoms with Crippen molar-refractivity contribution >= 4 is 0 Å². The highest BCUT2D eigenvalue weighted by atomic mass is 19.1. The molecule has 0 amide bonds. The average molecular weight is 246 g/mol. The molecule has 1 aromatic carbocycles. The van der Waals surface area contributed by atoms with Gasteiger partial charge in [-0.15, -0.1) is 0 Å². The van der Waals surface area contributed by atoms with Gasteiger partial charge in [-0.25, -0.2) is 4.39 Å². The topological polar surface area (TPSA) is 29.3 Å². The Labute approximate surface area is 108 Å². The van der Waals surface area contributed by atoms with Crippen molar-refractivity contribution in [1.82, 2.24) is 4.90 Å². The molecule has 18 heavy (non-hydrogen) atoms. The van der Waals surface area contributed by atoms with Gasteiger partial charge in [-0.05, 0) is 32.0 Å². The molecular weight excluding hydrogens is 227 g/mol. The van der Waals surface area contributed by atoms with E-state index in [2.05, 4.69) is 23.8 Å². The molecule has 2 rings (SSSR count).